The molecule has 2 N–H and O–H groups in total. The molecule has 1 heterocycles. The van der Waals surface area contributed by atoms with Crippen LogP contribution >= 0.6 is 0 Å². The largest absolute Gasteiger partial charge is 0.352 e. The molecule has 1 aliphatic heterocycles. The smallest absolute Gasteiger partial charge is 0.220 e. The van der Waals surface area contributed by atoms with Crippen molar-refractivity contribution in [2.24, 2.45) is 11.3 Å². The van der Waals surface area contributed by atoms with Gasteiger partial charge in [-0.1, -0.05) is 27.7 Å². The molecule has 0 bridgehead atoms. The fourth-order valence-electron chi connectivity index (χ4n) is 2.70. The summed E-state index contributed by atoms with van der Waals surface area (Å²) in [6.45, 7) is 10.9. The molecular weight excluding hydrogens is 212 g/mol. The number of hydrogen-bond donors (Lipinski definition) is 2. The van der Waals surface area contributed by atoms with Gasteiger partial charge in [0.2, 0.25) is 5.91 Å². The molecule has 1 unspecified atom stereocenters. The average molecular weight is 240 g/mol. The Bertz CT molecular complexity index is 239. The number of nitrogens with one attached hydrogen (secondary N) is 2. The molecule has 0 saturated carbocycles. The second-order valence-corrected chi connectivity index (χ2v) is 6.68. The minimum absolute atomic E-state index is 0.218. The summed E-state index contributed by atoms with van der Waals surface area (Å²) in [6, 6.07) is 0.345. The highest BCUT2D eigenvalue weighted by Crippen LogP contribution is 2.25. The van der Waals surface area contributed by atoms with Crippen LogP contribution in [0, 0.1) is 11.3 Å². The third kappa shape index (κ3) is 6.67. The number of amides is 1. The van der Waals surface area contributed by atoms with Crippen molar-refractivity contribution in [2.75, 3.05) is 13.1 Å². The first-order valence-electron chi connectivity index (χ1n) is 6.87. The van der Waals surface area contributed by atoms with E-state index < -0.39 is 0 Å². The molecule has 0 spiro atoms. The van der Waals surface area contributed by atoms with E-state index in [0.717, 1.165) is 25.9 Å². The van der Waals surface area contributed by atoms with Crippen molar-refractivity contribution < 1.29 is 4.79 Å². The van der Waals surface area contributed by atoms with Crippen molar-refractivity contribution in [1.29, 1.82) is 0 Å². The summed E-state index contributed by atoms with van der Waals surface area (Å²) < 4.78 is 0. The highest BCUT2D eigenvalue weighted by Gasteiger charge is 2.20. The summed E-state index contributed by atoms with van der Waals surface area (Å²) >= 11 is 0. The van der Waals surface area contributed by atoms with Gasteiger partial charge in [-0.2, -0.15) is 0 Å². The predicted octanol–water partition coefficient (Wildman–Crippen LogP) is 2.32. The topological polar surface area (TPSA) is 41.1 Å². The van der Waals surface area contributed by atoms with Crippen LogP contribution in [0.3, 0.4) is 0 Å². The second kappa shape index (κ2) is 6.39. The van der Waals surface area contributed by atoms with E-state index in [1.165, 1.54) is 6.42 Å². The highest BCUT2D eigenvalue weighted by atomic mass is 16.1. The average Bonchev–Trinajstić information content (AvgIpc) is 2.15. The van der Waals surface area contributed by atoms with E-state index in [1.54, 1.807) is 0 Å². The fourth-order valence-corrected chi connectivity index (χ4v) is 2.70. The van der Waals surface area contributed by atoms with Crippen LogP contribution in [0.5, 0.6) is 0 Å². The number of piperidine rings is 1. The van der Waals surface area contributed by atoms with E-state index >= 15 is 0 Å². The minimum Gasteiger partial charge on any atom is -0.352 e. The first-order chi connectivity index (χ1) is 7.87. The standard InChI is InChI=1S/C14H28N2O/c1-11(9-14(2,3)4)8-13(17)16-12-6-5-7-15-10-12/h11-12,15H,5-10H2,1-4H3,(H,16,17)/t11?,12-/m0/s1. The van der Waals surface area contributed by atoms with E-state index in [0.29, 0.717) is 23.8 Å². The second-order valence-electron chi connectivity index (χ2n) is 6.68. The highest BCUT2D eigenvalue weighted by molar-refractivity contribution is 5.76. The molecule has 0 aromatic heterocycles. The van der Waals surface area contributed by atoms with Gasteiger partial charge in [-0.05, 0) is 37.1 Å². The monoisotopic (exact) mass is 240 g/mol. The maximum Gasteiger partial charge on any atom is 0.220 e. The van der Waals surface area contributed by atoms with Crippen LogP contribution in [-0.2, 0) is 4.79 Å². The fraction of sp³-hybridized carbons (Fsp3) is 0.929. The van der Waals surface area contributed by atoms with Gasteiger partial charge < -0.3 is 10.6 Å². The van der Waals surface area contributed by atoms with Crippen LogP contribution in [-0.4, -0.2) is 25.0 Å². The van der Waals surface area contributed by atoms with Gasteiger partial charge in [0.25, 0.3) is 0 Å². The summed E-state index contributed by atoms with van der Waals surface area (Å²) in [7, 11) is 0. The number of carbonyl (C=O) groups is 1. The molecule has 0 radical (unpaired) electrons. The van der Waals surface area contributed by atoms with Crippen LogP contribution in [0.2, 0.25) is 0 Å². The van der Waals surface area contributed by atoms with E-state index in [-0.39, 0.29) is 5.91 Å². The third-order valence-electron chi connectivity index (χ3n) is 3.16. The Morgan fingerprint density at radius 3 is 2.71 bits per heavy atom. The molecular formula is C14H28N2O. The SMILES string of the molecule is CC(CC(=O)N[C@H]1CCCNC1)CC(C)(C)C. The van der Waals surface area contributed by atoms with Crippen LogP contribution in [0.15, 0.2) is 0 Å². The number of hydrogen-bond acceptors (Lipinski definition) is 2. The lowest BCUT2D eigenvalue weighted by molar-refractivity contribution is -0.122. The van der Waals surface area contributed by atoms with Crippen molar-refractivity contribution in [2.45, 2.75) is 59.4 Å². The summed E-state index contributed by atoms with van der Waals surface area (Å²) in [5.74, 6) is 0.682. The molecule has 1 saturated heterocycles. The minimum atomic E-state index is 0.218. The Morgan fingerprint density at radius 2 is 2.18 bits per heavy atom. The molecule has 2 atom stereocenters. The third-order valence-corrected chi connectivity index (χ3v) is 3.16. The zero-order chi connectivity index (χ0) is 12.9. The van der Waals surface area contributed by atoms with Crippen molar-refractivity contribution in [3.63, 3.8) is 0 Å². The van der Waals surface area contributed by atoms with Crippen LogP contribution in [0.1, 0.15) is 53.4 Å². The van der Waals surface area contributed by atoms with Crippen molar-refractivity contribution in [3.8, 4) is 0 Å². The quantitative estimate of drug-likeness (QED) is 0.792. The van der Waals surface area contributed by atoms with Gasteiger partial charge in [0.05, 0.1) is 0 Å². The molecule has 3 nitrogen and oxygen atoms in total. The molecule has 3 heteroatoms. The Balaban J connectivity index is 2.23. The number of rotatable bonds is 4. The molecule has 1 fully saturated rings. The lowest BCUT2D eigenvalue weighted by atomic mass is 9.84. The lowest BCUT2D eigenvalue weighted by Gasteiger charge is -2.26. The normalized spacial score (nSPS) is 23.2. The Kier molecular flexibility index (Phi) is 5.44. The Morgan fingerprint density at radius 1 is 1.47 bits per heavy atom. The zero-order valence-electron chi connectivity index (χ0n) is 11.8. The summed E-state index contributed by atoms with van der Waals surface area (Å²) in [6.07, 6.45) is 4.05. The summed E-state index contributed by atoms with van der Waals surface area (Å²) in [5, 5.41) is 6.45. The lowest BCUT2D eigenvalue weighted by Crippen LogP contribution is -2.45. The molecule has 0 aliphatic carbocycles. The maximum absolute atomic E-state index is 11.9. The van der Waals surface area contributed by atoms with E-state index in [4.69, 9.17) is 0 Å². The van der Waals surface area contributed by atoms with Crippen molar-refractivity contribution >= 4 is 5.91 Å². The molecule has 1 aliphatic rings. The Labute approximate surface area is 106 Å². The van der Waals surface area contributed by atoms with Gasteiger partial charge in [0, 0.05) is 19.0 Å². The van der Waals surface area contributed by atoms with Crippen LogP contribution in [0.4, 0.5) is 0 Å². The van der Waals surface area contributed by atoms with Crippen LogP contribution in [0.25, 0.3) is 0 Å². The van der Waals surface area contributed by atoms with Gasteiger partial charge in [0.15, 0.2) is 0 Å². The van der Waals surface area contributed by atoms with Crippen molar-refractivity contribution in [3.05, 3.63) is 0 Å². The molecule has 1 rings (SSSR count). The first kappa shape index (κ1) is 14.5. The van der Waals surface area contributed by atoms with E-state index in [1.807, 2.05) is 0 Å². The van der Waals surface area contributed by atoms with Gasteiger partial charge >= 0.3 is 0 Å². The molecule has 0 aromatic rings. The number of carbonyl (C=O) groups excluding carboxylic acids is 1. The van der Waals surface area contributed by atoms with E-state index in [2.05, 4.69) is 38.3 Å². The zero-order valence-corrected chi connectivity index (χ0v) is 11.8. The van der Waals surface area contributed by atoms with E-state index in [9.17, 15) is 4.79 Å². The van der Waals surface area contributed by atoms with Crippen molar-refractivity contribution in [1.82, 2.24) is 10.6 Å². The molecule has 0 aromatic carbocycles. The summed E-state index contributed by atoms with van der Waals surface area (Å²) in [5.41, 5.74) is 0.312. The Hall–Kier alpha value is -0.570. The first-order valence-corrected chi connectivity index (χ1v) is 6.87. The predicted molar refractivity (Wildman–Crippen MR) is 71.9 cm³/mol. The van der Waals surface area contributed by atoms with Gasteiger partial charge in [-0.3, -0.25) is 4.79 Å². The van der Waals surface area contributed by atoms with Crippen LogP contribution < -0.4 is 10.6 Å². The molecule has 17 heavy (non-hydrogen) atoms. The molecule has 1 amide bonds. The van der Waals surface area contributed by atoms with Gasteiger partial charge in [0.1, 0.15) is 0 Å². The maximum atomic E-state index is 11.9. The van der Waals surface area contributed by atoms with Gasteiger partial charge in [-0.15, -0.1) is 0 Å². The summed E-state index contributed by atoms with van der Waals surface area (Å²) in [4.78, 5) is 11.9. The van der Waals surface area contributed by atoms with Gasteiger partial charge in [-0.25, -0.2) is 0 Å². The molecule has 100 valence electrons.